The Morgan fingerprint density at radius 1 is 1.26 bits per heavy atom. The van der Waals surface area contributed by atoms with Crippen LogP contribution in [0.5, 0.6) is 0 Å². The molecule has 0 N–H and O–H groups in total. The van der Waals surface area contributed by atoms with E-state index >= 15 is 0 Å². The summed E-state index contributed by atoms with van der Waals surface area (Å²) in [5.41, 5.74) is -0.539. The summed E-state index contributed by atoms with van der Waals surface area (Å²) >= 11 is 6.77. The van der Waals surface area contributed by atoms with Crippen molar-refractivity contribution in [3.63, 3.8) is 0 Å². The predicted octanol–water partition coefficient (Wildman–Crippen LogP) is 0.0629. The monoisotopic (exact) mass is 341 g/mol. The van der Waals surface area contributed by atoms with Crippen LogP contribution in [-0.4, -0.2) is 65.9 Å². The van der Waals surface area contributed by atoms with Gasteiger partial charge < -0.3 is 4.90 Å². The third-order valence-corrected chi connectivity index (χ3v) is 9.60. The van der Waals surface area contributed by atoms with Gasteiger partial charge in [0.2, 0.25) is 0 Å². The molecule has 0 saturated carbocycles. The molecule has 3 fully saturated rings. The lowest BCUT2D eigenvalue weighted by Crippen LogP contribution is -2.53. The van der Waals surface area contributed by atoms with Crippen molar-refractivity contribution in [2.45, 2.75) is 30.2 Å². The van der Waals surface area contributed by atoms with Crippen LogP contribution in [0.1, 0.15) is 13.3 Å². The largest absolute Gasteiger partial charge is 0.346 e. The van der Waals surface area contributed by atoms with Crippen molar-refractivity contribution in [3.8, 4) is 0 Å². The zero-order chi connectivity index (χ0) is 14.1. The molecular weight excluding hydrogens is 326 g/mol. The highest BCUT2D eigenvalue weighted by Crippen LogP contribution is 2.44. The molecule has 0 spiro atoms. The SMILES string of the molecule is C[C@@]1(N2C(=S)S[C@H]3CS(=O)(=O)C[C@@H]32)CCS(=O)(=O)C1. The molecule has 3 atom stereocenters. The van der Waals surface area contributed by atoms with Crippen molar-refractivity contribution in [1.82, 2.24) is 4.90 Å². The van der Waals surface area contributed by atoms with E-state index in [1.165, 1.54) is 11.8 Å². The molecule has 0 aromatic carbocycles. The second-order valence-corrected chi connectivity index (χ2v) is 12.0. The number of thiocarbonyl (C=S) groups is 1. The van der Waals surface area contributed by atoms with E-state index in [-0.39, 0.29) is 34.3 Å². The minimum absolute atomic E-state index is 0.0300. The smallest absolute Gasteiger partial charge is 0.153 e. The lowest BCUT2D eigenvalue weighted by molar-refractivity contribution is 0.192. The van der Waals surface area contributed by atoms with E-state index in [2.05, 4.69) is 0 Å². The van der Waals surface area contributed by atoms with Crippen molar-refractivity contribution in [2.75, 3.05) is 23.0 Å². The van der Waals surface area contributed by atoms with Gasteiger partial charge in [0.25, 0.3) is 0 Å². The van der Waals surface area contributed by atoms with Gasteiger partial charge in [0.15, 0.2) is 19.7 Å². The lowest BCUT2D eigenvalue weighted by atomic mass is 9.97. The molecular formula is C10H15NO4S4. The number of rotatable bonds is 1. The van der Waals surface area contributed by atoms with Gasteiger partial charge in [-0.3, -0.25) is 0 Å². The van der Waals surface area contributed by atoms with Crippen molar-refractivity contribution < 1.29 is 16.8 Å². The van der Waals surface area contributed by atoms with Crippen LogP contribution >= 0.6 is 24.0 Å². The second kappa shape index (κ2) is 4.08. The first-order valence-electron chi connectivity index (χ1n) is 6.03. The Bertz CT molecular complexity index is 628. The fraction of sp³-hybridized carbons (Fsp3) is 0.900. The van der Waals surface area contributed by atoms with E-state index in [0.29, 0.717) is 10.7 Å². The minimum Gasteiger partial charge on any atom is -0.346 e. The highest BCUT2D eigenvalue weighted by atomic mass is 32.2. The Kier molecular flexibility index (Phi) is 3.03. The fourth-order valence-corrected chi connectivity index (χ4v) is 10.0. The van der Waals surface area contributed by atoms with Gasteiger partial charge in [-0.15, -0.1) is 0 Å². The number of thioether (sulfide) groups is 1. The third-order valence-electron chi connectivity index (χ3n) is 4.12. The zero-order valence-electron chi connectivity index (χ0n) is 10.4. The Hall–Kier alpha value is 0.140. The molecule has 9 heteroatoms. The Labute approximate surface area is 122 Å². The first kappa shape index (κ1) is 14.1. The summed E-state index contributed by atoms with van der Waals surface area (Å²) in [4.78, 5) is 1.91. The average Bonchev–Trinajstić information content (AvgIpc) is 2.74. The highest BCUT2D eigenvalue weighted by molar-refractivity contribution is 8.24. The number of nitrogens with zero attached hydrogens (tertiary/aromatic N) is 1. The molecule has 3 heterocycles. The van der Waals surface area contributed by atoms with Gasteiger partial charge >= 0.3 is 0 Å². The van der Waals surface area contributed by atoms with Crippen LogP contribution in [0.25, 0.3) is 0 Å². The van der Waals surface area contributed by atoms with E-state index in [1.54, 1.807) is 0 Å². The van der Waals surface area contributed by atoms with Crippen LogP contribution in [0.15, 0.2) is 0 Å². The number of sulfone groups is 2. The maximum atomic E-state index is 11.7. The van der Waals surface area contributed by atoms with Crippen LogP contribution in [0.3, 0.4) is 0 Å². The highest BCUT2D eigenvalue weighted by Gasteiger charge is 2.55. The van der Waals surface area contributed by atoms with E-state index in [4.69, 9.17) is 12.2 Å². The second-order valence-electron chi connectivity index (χ2n) is 5.78. The summed E-state index contributed by atoms with van der Waals surface area (Å²) in [5, 5.41) is -0.0300. The molecule has 5 nitrogen and oxygen atoms in total. The number of hydrogen-bond donors (Lipinski definition) is 0. The molecule has 0 amide bonds. The number of fused-ring (bicyclic) bond motifs is 1. The molecule has 0 aromatic rings. The van der Waals surface area contributed by atoms with Crippen LogP contribution in [-0.2, 0) is 19.7 Å². The summed E-state index contributed by atoms with van der Waals surface area (Å²) in [6, 6.07) is -0.152. The molecule has 3 aliphatic heterocycles. The summed E-state index contributed by atoms with van der Waals surface area (Å²) in [5.74, 6) is 0.490. The van der Waals surface area contributed by atoms with Crippen molar-refractivity contribution in [1.29, 1.82) is 0 Å². The van der Waals surface area contributed by atoms with Crippen molar-refractivity contribution in [3.05, 3.63) is 0 Å². The zero-order valence-corrected chi connectivity index (χ0v) is 13.7. The molecule has 3 rings (SSSR count). The maximum absolute atomic E-state index is 11.7. The van der Waals surface area contributed by atoms with Gasteiger partial charge in [0.05, 0.1) is 34.6 Å². The summed E-state index contributed by atoms with van der Waals surface area (Å²) in [6.07, 6.45) is 0.527. The van der Waals surface area contributed by atoms with Gasteiger partial charge in [-0.25, -0.2) is 16.8 Å². The van der Waals surface area contributed by atoms with Gasteiger partial charge in [-0.05, 0) is 13.3 Å². The molecule has 3 aliphatic rings. The van der Waals surface area contributed by atoms with Gasteiger partial charge in [0, 0.05) is 5.25 Å². The molecule has 0 aromatic heterocycles. The van der Waals surface area contributed by atoms with Crippen molar-refractivity contribution in [2.24, 2.45) is 0 Å². The molecule has 19 heavy (non-hydrogen) atoms. The quantitative estimate of drug-likeness (QED) is 0.625. The minimum atomic E-state index is -3.03. The van der Waals surface area contributed by atoms with Gasteiger partial charge in [-0.2, -0.15) is 0 Å². The third kappa shape index (κ3) is 2.32. The average molecular weight is 342 g/mol. The van der Waals surface area contributed by atoms with Crippen LogP contribution in [0.4, 0.5) is 0 Å². The molecule has 0 aliphatic carbocycles. The molecule has 108 valence electrons. The molecule has 0 bridgehead atoms. The topological polar surface area (TPSA) is 71.5 Å². The fourth-order valence-electron chi connectivity index (χ4n) is 3.28. The number of hydrogen-bond acceptors (Lipinski definition) is 6. The molecule has 0 unspecified atom stereocenters. The Morgan fingerprint density at radius 3 is 2.53 bits per heavy atom. The van der Waals surface area contributed by atoms with Crippen molar-refractivity contribution >= 4 is 48.0 Å². The van der Waals surface area contributed by atoms with E-state index in [0.717, 1.165) is 0 Å². The van der Waals surface area contributed by atoms with Gasteiger partial charge in [-0.1, -0.05) is 24.0 Å². The predicted molar refractivity (Wildman–Crippen MR) is 79.9 cm³/mol. The van der Waals surface area contributed by atoms with Gasteiger partial charge in [0.1, 0.15) is 4.32 Å². The lowest BCUT2D eigenvalue weighted by Gasteiger charge is -2.39. The molecule has 0 radical (unpaired) electrons. The standard InChI is InChI=1S/C10H15NO4S4/c1-10(2-3-18(12,13)6-10)11-7-4-19(14,15)5-8(7)17-9(11)16/h7-8H,2-6H2,1H3/t7-,8-,10+/m0/s1. The molecule has 3 saturated heterocycles. The van der Waals surface area contributed by atoms with E-state index < -0.39 is 25.2 Å². The van der Waals surface area contributed by atoms with Crippen LogP contribution in [0, 0.1) is 0 Å². The Balaban J connectivity index is 1.95. The first-order chi connectivity index (χ1) is 8.62. The summed E-state index contributed by atoms with van der Waals surface area (Å²) in [6.45, 7) is 1.89. The normalized spacial score (nSPS) is 43.6. The summed E-state index contributed by atoms with van der Waals surface area (Å²) in [7, 11) is -6.05. The Morgan fingerprint density at radius 2 is 1.95 bits per heavy atom. The van der Waals surface area contributed by atoms with E-state index in [9.17, 15) is 16.8 Å². The van der Waals surface area contributed by atoms with E-state index in [1.807, 2.05) is 11.8 Å². The maximum Gasteiger partial charge on any atom is 0.153 e. The first-order valence-corrected chi connectivity index (χ1v) is 11.0. The van der Waals surface area contributed by atoms with Crippen LogP contribution in [0.2, 0.25) is 0 Å². The van der Waals surface area contributed by atoms with Crippen LogP contribution < -0.4 is 0 Å². The summed E-state index contributed by atoms with van der Waals surface area (Å²) < 4.78 is 47.6.